The fraction of sp³-hybridized carbons (Fsp3) is 0.588. The van der Waals surface area contributed by atoms with Gasteiger partial charge in [0.15, 0.2) is 0 Å². The molecule has 1 atom stereocenters. The van der Waals surface area contributed by atoms with E-state index in [9.17, 15) is 14.3 Å². The van der Waals surface area contributed by atoms with Gasteiger partial charge in [-0.25, -0.2) is 4.39 Å². The molecule has 0 aliphatic heterocycles. The Hall–Kier alpha value is -1.62. The summed E-state index contributed by atoms with van der Waals surface area (Å²) in [5, 5.41) is 12.9. The van der Waals surface area contributed by atoms with E-state index in [0.29, 0.717) is 5.69 Å². The number of hydrogen-bond acceptors (Lipinski definition) is 3. The second kappa shape index (κ2) is 7.09. The topological polar surface area (TPSA) is 52.6 Å². The summed E-state index contributed by atoms with van der Waals surface area (Å²) in [5.74, 6) is -0.930. The average Bonchev–Trinajstić information content (AvgIpc) is 2.43. The molecule has 1 aromatic carbocycles. The molecule has 1 amide bonds. The van der Waals surface area contributed by atoms with Crippen LogP contribution in [0.5, 0.6) is 0 Å². The first-order valence-corrected chi connectivity index (χ1v) is 7.49. The smallest absolute Gasteiger partial charge is 0.254 e. The number of halogens is 1. The fourth-order valence-corrected chi connectivity index (χ4v) is 2.38. The van der Waals surface area contributed by atoms with E-state index in [2.05, 4.69) is 5.32 Å². The lowest BCUT2D eigenvalue weighted by Crippen LogP contribution is -2.43. The van der Waals surface area contributed by atoms with Crippen LogP contribution >= 0.6 is 0 Å². The Morgan fingerprint density at radius 3 is 2.41 bits per heavy atom. The first kappa shape index (κ1) is 18.4. The van der Waals surface area contributed by atoms with E-state index in [0.717, 1.165) is 0 Å². The maximum absolute atomic E-state index is 14.0. The second-order valence-electron chi connectivity index (χ2n) is 6.92. The van der Waals surface area contributed by atoms with Gasteiger partial charge in [0.25, 0.3) is 5.91 Å². The zero-order chi connectivity index (χ0) is 17.1. The number of hydrogen-bond donors (Lipinski definition) is 2. The van der Waals surface area contributed by atoms with Crippen molar-refractivity contribution in [1.82, 2.24) is 5.32 Å². The van der Waals surface area contributed by atoms with Crippen molar-refractivity contribution in [2.75, 3.05) is 25.5 Å². The fourth-order valence-electron chi connectivity index (χ4n) is 2.38. The van der Waals surface area contributed by atoms with Gasteiger partial charge in [-0.2, -0.15) is 0 Å². The van der Waals surface area contributed by atoms with Gasteiger partial charge in [-0.15, -0.1) is 0 Å². The average molecular weight is 310 g/mol. The molecule has 22 heavy (non-hydrogen) atoms. The molecule has 124 valence electrons. The Kier molecular flexibility index (Phi) is 5.94. The molecule has 1 aromatic rings. The van der Waals surface area contributed by atoms with Crippen LogP contribution in [-0.2, 0) is 0 Å². The predicted octanol–water partition coefficient (Wildman–Crippen LogP) is 2.66. The van der Waals surface area contributed by atoms with Gasteiger partial charge in [-0.3, -0.25) is 4.79 Å². The van der Waals surface area contributed by atoms with Crippen LogP contribution in [0, 0.1) is 17.2 Å². The van der Waals surface area contributed by atoms with Crippen molar-refractivity contribution >= 4 is 11.6 Å². The molecular weight excluding hydrogens is 283 g/mol. The Morgan fingerprint density at radius 2 is 1.95 bits per heavy atom. The number of carbonyl (C=O) groups excluding carboxylic acids is 1. The highest BCUT2D eigenvalue weighted by Crippen LogP contribution is 2.25. The van der Waals surface area contributed by atoms with Gasteiger partial charge in [0.1, 0.15) is 5.82 Å². The van der Waals surface area contributed by atoms with Crippen LogP contribution < -0.4 is 10.2 Å². The molecule has 0 bridgehead atoms. The summed E-state index contributed by atoms with van der Waals surface area (Å²) in [6.07, 6.45) is -0.547. The number of amides is 1. The molecule has 0 fully saturated rings. The number of aliphatic hydroxyl groups is 1. The molecule has 0 aliphatic carbocycles. The quantitative estimate of drug-likeness (QED) is 0.849. The van der Waals surface area contributed by atoms with Gasteiger partial charge >= 0.3 is 0 Å². The first-order valence-electron chi connectivity index (χ1n) is 7.49. The molecule has 0 saturated carbocycles. The number of nitrogens with zero attached hydrogens (tertiary/aromatic N) is 1. The van der Waals surface area contributed by atoms with Crippen molar-refractivity contribution in [2.45, 2.75) is 33.8 Å². The summed E-state index contributed by atoms with van der Waals surface area (Å²) < 4.78 is 14.0. The summed E-state index contributed by atoms with van der Waals surface area (Å²) >= 11 is 0. The van der Waals surface area contributed by atoms with Gasteiger partial charge in [0.2, 0.25) is 0 Å². The molecule has 2 N–H and O–H groups in total. The third-order valence-corrected chi connectivity index (χ3v) is 3.85. The number of rotatable bonds is 6. The molecule has 0 saturated heterocycles. The molecule has 1 unspecified atom stereocenters. The van der Waals surface area contributed by atoms with Crippen molar-refractivity contribution in [3.63, 3.8) is 0 Å². The summed E-state index contributed by atoms with van der Waals surface area (Å²) in [4.78, 5) is 13.9. The zero-order valence-corrected chi connectivity index (χ0v) is 14.3. The van der Waals surface area contributed by atoms with Crippen LogP contribution in [0.1, 0.15) is 38.1 Å². The first-order chi connectivity index (χ1) is 10.1. The summed E-state index contributed by atoms with van der Waals surface area (Å²) in [5.41, 5.74) is 0.231. The molecule has 0 aliphatic rings. The largest absolute Gasteiger partial charge is 0.392 e. The van der Waals surface area contributed by atoms with E-state index in [-0.39, 0.29) is 18.0 Å². The maximum atomic E-state index is 14.0. The standard InChI is InChI=1S/C17H27FN2O2/c1-11(2)15(21)17(3,4)10-19-16(22)13-8-7-12(20(5)6)9-14(13)18/h7-9,11,15,21H,10H2,1-6H3,(H,19,22). The van der Waals surface area contributed by atoms with Crippen LogP contribution in [0.2, 0.25) is 0 Å². The molecule has 0 radical (unpaired) electrons. The van der Waals surface area contributed by atoms with E-state index in [4.69, 9.17) is 0 Å². The van der Waals surface area contributed by atoms with E-state index >= 15 is 0 Å². The monoisotopic (exact) mass is 310 g/mol. The van der Waals surface area contributed by atoms with E-state index < -0.39 is 23.2 Å². The SMILES string of the molecule is CC(C)C(O)C(C)(C)CNC(=O)c1ccc(N(C)C)cc1F. The normalized spacial score (nSPS) is 13.1. The zero-order valence-electron chi connectivity index (χ0n) is 14.3. The Labute approximate surface area is 132 Å². The number of carbonyl (C=O) groups is 1. The number of nitrogens with one attached hydrogen (secondary N) is 1. The lowest BCUT2D eigenvalue weighted by Gasteiger charge is -2.33. The summed E-state index contributed by atoms with van der Waals surface area (Å²) in [6, 6.07) is 4.51. The van der Waals surface area contributed by atoms with Gasteiger partial charge in [-0.1, -0.05) is 27.7 Å². The Morgan fingerprint density at radius 1 is 1.36 bits per heavy atom. The van der Waals surface area contributed by atoms with Gasteiger partial charge < -0.3 is 15.3 Å². The van der Waals surface area contributed by atoms with Crippen LogP contribution in [0.4, 0.5) is 10.1 Å². The van der Waals surface area contributed by atoms with Crippen molar-refractivity contribution < 1.29 is 14.3 Å². The minimum atomic E-state index is -0.550. The molecule has 4 nitrogen and oxygen atoms in total. The Balaban J connectivity index is 2.78. The molecular formula is C17H27FN2O2. The van der Waals surface area contributed by atoms with Gasteiger partial charge in [-0.05, 0) is 24.1 Å². The predicted molar refractivity (Wildman–Crippen MR) is 87.7 cm³/mol. The van der Waals surface area contributed by atoms with Crippen molar-refractivity contribution in [2.24, 2.45) is 11.3 Å². The van der Waals surface area contributed by atoms with E-state index in [1.165, 1.54) is 12.1 Å². The number of anilines is 1. The van der Waals surface area contributed by atoms with Gasteiger partial charge in [0.05, 0.1) is 11.7 Å². The third-order valence-electron chi connectivity index (χ3n) is 3.85. The van der Waals surface area contributed by atoms with Gasteiger partial charge in [0, 0.05) is 31.7 Å². The highest BCUT2D eigenvalue weighted by atomic mass is 19.1. The van der Waals surface area contributed by atoms with Crippen LogP contribution in [0.25, 0.3) is 0 Å². The number of aliphatic hydroxyl groups excluding tert-OH is 1. The lowest BCUT2D eigenvalue weighted by atomic mass is 9.80. The summed E-state index contributed by atoms with van der Waals surface area (Å²) in [7, 11) is 3.62. The third kappa shape index (κ3) is 4.44. The molecule has 0 spiro atoms. The summed E-state index contributed by atoms with van der Waals surface area (Å²) in [6.45, 7) is 7.88. The van der Waals surface area contributed by atoms with Crippen molar-refractivity contribution in [3.8, 4) is 0 Å². The van der Waals surface area contributed by atoms with E-state index in [1.54, 1.807) is 11.0 Å². The maximum Gasteiger partial charge on any atom is 0.254 e. The highest BCUT2D eigenvalue weighted by Gasteiger charge is 2.30. The Bertz CT molecular complexity index is 527. The molecule has 0 heterocycles. The molecule has 1 rings (SSSR count). The second-order valence-corrected chi connectivity index (χ2v) is 6.92. The molecule has 5 heteroatoms. The van der Waals surface area contributed by atoms with Crippen molar-refractivity contribution in [1.29, 1.82) is 0 Å². The van der Waals surface area contributed by atoms with E-state index in [1.807, 2.05) is 41.8 Å². The van der Waals surface area contributed by atoms with Crippen LogP contribution in [0.3, 0.4) is 0 Å². The molecule has 0 aromatic heterocycles. The van der Waals surface area contributed by atoms with Crippen molar-refractivity contribution in [3.05, 3.63) is 29.6 Å². The number of benzene rings is 1. The van der Waals surface area contributed by atoms with Crippen LogP contribution in [0.15, 0.2) is 18.2 Å². The minimum absolute atomic E-state index is 0.0143. The lowest BCUT2D eigenvalue weighted by molar-refractivity contribution is 0.0138. The highest BCUT2D eigenvalue weighted by molar-refractivity contribution is 5.94. The van der Waals surface area contributed by atoms with Crippen LogP contribution in [-0.4, -0.2) is 37.8 Å². The minimum Gasteiger partial charge on any atom is -0.392 e.